The Morgan fingerprint density at radius 3 is 2.88 bits per heavy atom. The van der Waals surface area contributed by atoms with E-state index in [2.05, 4.69) is 23.8 Å². The molecule has 17 heavy (non-hydrogen) atoms. The van der Waals surface area contributed by atoms with Gasteiger partial charge in [0.2, 0.25) is 0 Å². The molecule has 1 aromatic rings. The van der Waals surface area contributed by atoms with Crippen molar-refractivity contribution in [3.05, 3.63) is 27.4 Å². The molecule has 5 heteroatoms. The first-order valence-corrected chi connectivity index (χ1v) is 5.70. The summed E-state index contributed by atoms with van der Waals surface area (Å²) >= 11 is 0. The van der Waals surface area contributed by atoms with E-state index < -0.39 is 11.7 Å². The van der Waals surface area contributed by atoms with Gasteiger partial charge >= 0.3 is 11.7 Å². The van der Waals surface area contributed by atoms with Crippen LogP contribution in [0.4, 0.5) is 0 Å². The van der Waals surface area contributed by atoms with Gasteiger partial charge < -0.3 is 10.1 Å². The maximum atomic E-state index is 11.4. The second-order valence-corrected chi connectivity index (χ2v) is 5.36. The highest BCUT2D eigenvalue weighted by Gasteiger charge is 2.28. The van der Waals surface area contributed by atoms with Gasteiger partial charge in [-0.05, 0) is 30.2 Å². The van der Waals surface area contributed by atoms with Crippen LogP contribution in [0.2, 0.25) is 0 Å². The highest BCUT2D eigenvalue weighted by molar-refractivity contribution is 5.70. The number of carbonyl (C=O) groups is 1. The third-order valence-corrected chi connectivity index (χ3v) is 3.23. The van der Waals surface area contributed by atoms with Crippen molar-refractivity contribution in [1.29, 1.82) is 0 Å². The number of nitrogens with one attached hydrogen (secondary N) is 1. The normalized spacial score (nSPS) is 17.5. The van der Waals surface area contributed by atoms with Crippen LogP contribution in [-0.4, -0.2) is 21.0 Å². The Bertz CT molecular complexity index is 517. The fourth-order valence-electron chi connectivity index (χ4n) is 2.36. The van der Waals surface area contributed by atoms with Gasteiger partial charge in [-0.15, -0.1) is 0 Å². The summed E-state index contributed by atoms with van der Waals surface area (Å²) in [5, 5.41) is 8.81. The van der Waals surface area contributed by atoms with Crippen LogP contribution in [0.3, 0.4) is 0 Å². The second-order valence-electron chi connectivity index (χ2n) is 5.36. The fourth-order valence-corrected chi connectivity index (χ4v) is 2.36. The number of aromatic nitrogens is 2. The number of fused-ring (bicyclic) bond motifs is 1. The monoisotopic (exact) mass is 236 g/mol. The average Bonchev–Trinajstić information content (AvgIpc) is 2.13. The molecular weight excluding hydrogens is 220 g/mol. The molecular formula is C12H16N2O3. The van der Waals surface area contributed by atoms with Crippen molar-refractivity contribution in [2.24, 2.45) is 5.41 Å². The van der Waals surface area contributed by atoms with E-state index in [-0.39, 0.29) is 11.8 Å². The van der Waals surface area contributed by atoms with Gasteiger partial charge in [-0.1, -0.05) is 13.8 Å². The first-order chi connectivity index (χ1) is 7.87. The summed E-state index contributed by atoms with van der Waals surface area (Å²) in [5.41, 5.74) is 1.91. The molecule has 0 spiro atoms. The molecule has 1 heterocycles. The average molecular weight is 236 g/mol. The molecule has 92 valence electrons. The lowest BCUT2D eigenvalue weighted by Gasteiger charge is -2.31. The Labute approximate surface area is 98.9 Å². The summed E-state index contributed by atoms with van der Waals surface area (Å²) in [6.07, 6.45) is 2.37. The minimum Gasteiger partial charge on any atom is -0.481 e. The summed E-state index contributed by atoms with van der Waals surface area (Å²) in [6, 6.07) is 0. The number of rotatable bonds is 2. The molecule has 0 saturated heterocycles. The molecule has 2 rings (SSSR count). The number of nitrogens with zero attached hydrogens (tertiary/aromatic N) is 1. The molecule has 0 atom stereocenters. The molecule has 1 aliphatic carbocycles. The molecule has 0 aliphatic heterocycles. The number of aromatic amines is 1. The van der Waals surface area contributed by atoms with Gasteiger partial charge in [-0.25, -0.2) is 4.79 Å². The van der Waals surface area contributed by atoms with Crippen LogP contribution in [0.15, 0.2) is 4.79 Å². The van der Waals surface area contributed by atoms with E-state index in [0.29, 0.717) is 5.69 Å². The maximum Gasteiger partial charge on any atom is 0.345 e. The van der Waals surface area contributed by atoms with Crippen molar-refractivity contribution in [2.75, 3.05) is 0 Å². The molecule has 5 nitrogen and oxygen atoms in total. The van der Waals surface area contributed by atoms with Crippen LogP contribution >= 0.6 is 0 Å². The molecule has 2 N–H and O–H groups in total. The summed E-state index contributed by atoms with van der Waals surface area (Å²) in [7, 11) is 0. The summed E-state index contributed by atoms with van der Waals surface area (Å²) in [4.78, 5) is 28.7. The number of aliphatic carboxylic acids is 1. The minimum absolute atomic E-state index is 0.151. The predicted molar refractivity (Wildman–Crippen MR) is 62.0 cm³/mol. The SMILES string of the molecule is CC1(C)CCc2c(CC(=O)O)nc(=O)[nH]c2C1. The van der Waals surface area contributed by atoms with Crippen molar-refractivity contribution in [3.63, 3.8) is 0 Å². The van der Waals surface area contributed by atoms with Crippen molar-refractivity contribution < 1.29 is 9.90 Å². The highest BCUT2D eigenvalue weighted by atomic mass is 16.4. The van der Waals surface area contributed by atoms with Crippen LogP contribution in [0.25, 0.3) is 0 Å². The number of hydrogen-bond acceptors (Lipinski definition) is 3. The van der Waals surface area contributed by atoms with E-state index in [1.807, 2.05) is 0 Å². The minimum atomic E-state index is -0.949. The molecule has 1 aromatic heterocycles. The van der Waals surface area contributed by atoms with Crippen molar-refractivity contribution in [1.82, 2.24) is 9.97 Å². The maximum absolute atomic E-state index is 11.4. The summed E-state index contributed by atoms with van der Waals surface area (Å²) < 4.78 is 0. The van der Waals surface area contributed by atoms with Crippen molar-refractivity contribution >= 4 is 5.97 Å². The van der Waals surface area contributed by atoms with E-state index >= 15 is 0 Å². The van der Waals surface area contributed by atoms with E-state index in [0.717, 1.165) is 30.5 Å². The van der Waals surface area contributed by atoms with Crippen LogP contribution in [-0.2, 0) is 24.1 Å². The Balaban J connectivity index is 2.47. The Morgan fingerprint density at radius 1 is 1.53 bits per heavy atom. The molecule has 0 amide bonds. The van der Waals surface area contributed by atoms with Crippen molar-refractivity contribution in [3.8, 4) is 0 Å². The predicted octanol–water partition coefficient (Wildman–Crippen LogP) is 0.912. The Morgan fingerprint density at radius 2 is 2.24 bits per heavy atom. The fraction of sp³-hybridized carbons (Fsp3) is 0.583. The van der Waals surface area contributed by atoms with Gasteiger partial charge in [-0.3, -0.25) is 4.79 Å². The zero-order chi connectivity index (χ0) is 12.6. The van der Waals surface area contributed by atoms with E-state index in [1.165, 1.54) is 0 Å². The third kappa shape index (κ3) is 2.54. The van der Waals surface area contributed by atoms with Crippen LogP contribution < -0.4 is 5.69 Å². The van der Waals surface area contributed by atoms with Crippen molar-refractivity contribution in [2.45, 2.75) is 39.5 Å². The standard InChI is InChI=1S/C12H16N2O3/c1-12(2)4-3-7-8(5-10(15)16)13-11(17)14-9(7)6-12/h3-6H2,1-2H3,(H,15,16)(H,13,14,17). The van der Waals surface area contributed by atoms with Gasteiger partial charge in [-0.2, -0.15) is 4.98 Å². The molecule has 0 bridgehead atoms. The molecule has 1 aliphatic rings. The number of carboxylic acids is 1. The lowest BCUT2D eigenvalue weighted by atomic mass is 9.76. The lowest BCUT2D eigenvalue weighted by molar-refractivity contribution is -0.136. The van der Waals surface area contributed by atoms with E-state index in [4.69, 9.17) is 5.11 Å². The first-order valence-electron chi connectivity index (χ1n) is 5.70. The quantitative estimate of drug-likeness (QED) is 0.799. The van der Waals surface area contributed by atoms with Gasteiger partial charge in [0.25, 0.3) is 0 Å². The van der Waals surface area contributed by atoms with Gasteiger partial charge in [0.05, 0.1) is 12.1 Å². The topological polar surface area (TPSA) is 83.0 Å². The smallest absolute Gasteiger partial charge is 0.345 e. The molecule has 0 unspecified atom stereocenters. The Hall–Kier alpha value is -1.65. The zero-order valence-corrected chi connectivity index (χ0v) is 10.0. The zero-order valence-electron chi connectivity index (χ0n) is 10.0. The van der Waals surface area contributed by atoms with Crippen LogP contribution in [0.1, 0.15) is 37.2 Å². The number of hydrogen-bond donors (Lipinski definition) is 2. The molecule has 0 saturated carbocycles. The van der Waals surface area contributed by atoms with Gasteiger partial charge in [0.15, 0.2) is 0 Å². The first kappa shape index (κ1) is 11.8. The van der Waals surface area contributed by atoms with E-state index in [1.54, 1.807) is 0 Å². The largest absolute Gasteiger partial charge is 0.481 e. The van der Waals surface area contributed by atoms with Gasteiger partial charge in [0.1, 0.15) is 0 Å². The number of carboxylic acid groups (broad SMARTS) is 1. The summed E-state index contributed by atoms with van der Waals surface area (Å²) in [5.74, 6) is -0.949. The van der Waals surface area contributed by atoms with Crippen LogP contribution in [0, 0.1) is 5.41 Å². The molecule has 0 fully saturated rings. The highest BCUT2D eigenvalue weighted by Crippen LogP contribution is 2.34. The Kier molecular flexibility index (Phi) is 2.77. The third-order valence-electron chi connectivity index (χ3n) is 3.23. The lowest BCUT2D eigenvalue weighted by Crippen LogP contribution is -2.29. The number of H-pyrrole nitrogens is 1. The molecule has 0 radical (unpaired) electrons. The summed E-state index contributed by atoms with van der Waals surface area (Å²) in [6.45, 7) is 4.29. The van der Waals surface area contributed by atoms with E-state index in [9.17, 15) is 9.59 Å². The van der Waals surface area contributed by atoms with Crippen LogP contribution in [0.5, 0.6) is 0 Å². The van der Waals surface area contributed by atoms with Gasteiger partial charge in [0, 0.05) is 5.69 Å². The second kappa shape index (κ2) is 3.98. The molecule has 0 aromatic carbocycles.